The molecule has 1 aromatic rings. The van der Waals surface area contributed by atoms with Crippen molar-refractivity contribution in [1.82, 2.24) is 19.6 Å². The number of rotatable bonds is 6. The van der Waals surface area contributed by atoms with Gasteiger partial charge in [-0.05, 0) is 19.4 Å². The Morgan fingerprint density at radius 1 is 1.05 bits per heavy atom. The monoisotopic (exact) mass is 306 g/mol. The fourth-order valence-corrected chi connectivity index (χ4v) is 3.23. The minimum Gasteiger partial charge on any atom is -0.336 e. The third-order valence-electron chi connectivity index (χ3n) is 4.53. The van der Waals surface area contributed by atoms with Crippen LogP contribution in [0.15, 0.2) is 0 Å². The maximum absolute atomic E-state index is 13.1. The van der Waals surface area contributed by atoms with E-state index in [1.165, 1.54) is 0 Å². The van der Waals surface area contributed by atoms with E-state index in [4.69, 9.17) is 0 Å². The van der Waals surface area contributed by atoms with Gasteiger partial charge in [-0.3, -0.25) is 9.48 Å². The Morgan fingerprint density at radius 2 is 1.68 bits per heavy atom. The second-order valence-electron chi connectivity index (χ2n) is 6.12. The maximum atomic E-state index is 13.1. The Morgan fingerprint density at radius 3 is 2.23 bits per heavy atom. The number of aromatic nitrogens is 2. The highest BCUT2D eigenvalue weighted by molar-refractivity contribution is 5.96. The zero-order chi connectivity index (χ0) is 16.1. The van der Waals surface area contributed by atoms with Crippen molar-refractivity contribution < 1.29 is 4.79 Å². The summed E-state index contributed by atoms with van der Waals surface area (Å²) in [6.45, 7) is 11.2. The van der Waals surface area contributed by atoms with Gasteiger partial charge in [-0.15, -0.1) is 0 Å². The van der Waals surface area contributed by atoms with Crippen molar-refractivity contribution in [3.8, 4) is 0 Å². The van der Waals surface area contributed by atoms with Crippen molar-refractivity contribution in [2.45, 2.75) is 46.5 Å². The zero-order valence-electron chi connectivity index (χ0n) is 14.6. The smallest absolute Gasteiger partial charge is 0.257 e. The van der Waals surface area contributed by atoms with Crippen molar-refractivity contribution in [2.75, 3.05) is 32.7 Å². The van der Waals surface area contributed by atoms with Gasteiger partial charge in [0, 0.05) is 33.2 Å². The summed E-state index contributed by atoms with van der Waals surface area (Å²) in [5.74, 6) is 0.191. The molecule has 5 heteroatoms. The molecule has 0 bridgehead atoms. The number of hydrogen-bond donors (Lipinski definition) is 0. The molecule has 1 fully saturated rings. The van der Waals surface area contributed by atoms with Crippen LogP contribution in [0.3, 0.4) is 0 Å². The van der Waals surface area contributed by atoms with E-state index < -0.39 is 0 Å². The molecule has 0 saturated carbocycles. The summed E-state index contributed by atoms with van der Waals surface area (Å²) in [4.78, 5) is 17.5. The topological polar surface area (TPSA) is 41.4 Å². The highest BCUT2D eigenvalue weighted by Crippen LogP contribution is 2.20. The van der Waals surface area contributed by atoms with Gasteiger partial charge < -0.3 is 9.80 Å². The molecule has 124 valence electrons. The summed E-state index contributed by atoms with van der Waals surface area (Å²) >= 11 is 0. The minimum atomic E-state index is 0.191. The summed E-state index contributed by atoms with van der Waals surface area (Å²) in [5, 5.41) is 4.62. The van der Waals surface area contributed by atoms with Gasteiger partial charge in [0.2, 0.25) is 0 Å². The number of piperazine rings is 1. The van der Waals surface area contributed by atoms with E-state index in [1.807, 2.05) is 16.6 Å². The molecule has 1 saturated heterocycles. The number of aryl methyl sites for hydroxylation is 2. The average Bonchev–Trinajstić information content (AvgIpc) is 2.83. The van der Waals surface area contributed by atoms with Crippen molar-refractivity contribution in [2.24, 2.45) is 7.05 Å². The first kappa shape index (κ1) is 17.0. The lowest BCUT2D eigenvalue weighted by atomic mass is 10.0. The van der Waals surface area contributed by atoms with Crippen LogP contribution in [0.5, 0.6) is 0 Å². The average molecular weight is 306 g/mol. The quantitative estimate of drug-likeness (QED) is 0.808. The predicted octanol–water partition coefficient (Wildman–Crippen LogP) is 2.10. The number of nitrogens with zero attached hydrogens (tertiary/aromatic N) is 4. The molecular weight excluding hydrogens is 276 g/mol. The molecule has 0 spiro atoms. The summed E-state index contributed by atoms with van der Waals surface area (Å²) in [6.07, 6.45) is 3.86. The van der Waals surface area contributed by atoms with Crippen molar-refractivity contribution in [3.05, 3.63) is 17.0 Å². The first-order valence-electron chi connectivity index (χ1n) is 8.68. The molecule has 0 unspecified atom stereocenters. The summed E-state index contributed by atoms with van der Waals surface area (Å²) < 4.78 is 1.92. The third kappa shape index (κ3) is 3.51. The van der Waals surface area contributed by atoms with Crippen molar-refractivity contribution in [3.63, 3.8) is 0 Å². The Hall–Kier alpha value is -1.36. The van der Waals surface area contributed by atoms with Crippen LogP contribution in [-0.4, -0.2) is 58.2 Å². The lowest BCUT2D eigenvalue weighted by Gasteiger charge is -2.34. The second kappa shape index (κ2) is 7.77. The minimum absolute atomic E-state index is 0.191. The zero-order valence-corrected chi connectivity index (χ0v) is 14.6. The van der Waals surface area contributed by atoms with Crippen LogP contribution in [0.4, 0.5) is 0 Å². The third-order valence-corrected chi connectivity index (χ3v) is 4.53. The van der Waals surface area contributed by atoms with Gasteiger partial charge in [0.25, 0.3) is 5.91 Å². The van der Waals surface area contributed by atoms with Gasteiger partial charge in [-0.25, -0.2) is 0 Å². The maximum Gasteiger partial charge on any atom is 0.257 e. The number of likely N-dealkylation sites (N-methyl/N-ethyl adjacent to an activating group) is 1. The molecule has 5 nitrogen and oxygen atoms in total. The van der Waals surface area contributed by atoms with E-state index in [-0.39, 0.29) is 5.91 Å². The molecular formula is C17H30N4O. The van der Waals surface area contributed by atoms with E-state index in [0.717, 1.165) is 75.4 Å². The molecule has 22 heavy (non-hydrogen) atoms. The molecule has 0 aliphatic carbocycles. The Labute approximate surface area is 134 Å². The molecule has 2 rings (SSSR count). The second-order valence-corrected chi connectivity index (χ2v) is 6.12. The Balaban J connectivity index is 2.23. The molecule has 0 radical (unpaired) electrons. The van der Waals surface area contributed by atoms with E-state index in [0.29, 0.717) is 0 Å². The van der Waals surface area contributed by atoms with Crippen LogP contribution in [0, 0.1) is 0 Å². The molecule has 0 atom stereocenters. The Kier molecular flexibility index (Phi) is 6.00. The highest BCUT2D eigenvalue weighted by atomic mass is 16.2. The normalized spacial score (nSPS) is 16.3. The van der Waals surface area contributed by atoms with Gasteiger partial charge in [0.15, 0.2) is 0 Å². The van der Waals surface area contributed by atoms with Crippen molar-refractivity contribution in [1.29, 1.82) is 0 Å². The summed E-state index contributed by atoms with van der Waals surface area (Å²) in [6, 6.07) is 0. The van der Waals surface area contributed by atoms with Crippen LogP contribution < -0.4 is 0 Å². The molecule has 2 heterocycles. The van der Waals surface area contributed by atoms with Gasteiger partial charge >= 0.3 is 0 Å². The lowest BCUT2D eigenvalue weighted by molar-refractivity contribution is 0.0641. The van der Waals surface area contributed by atoms with Gasteiger partial charge in [-0.1, -0.05) is 33.6 Å². The molecule has 0 N–H and O–H groups in total. The highest BCUT2D eigenvalue weighted by Gasteiger charge is 2.27. The molecule has 1 aliphatic heterocycles. The standard InChI is InChI=1S/C17H30N4O/c1-5-8-14-16(15(9-6-2)19(4)18-14)17(22)21-12-10-20(7-3)11-13-21/h5-13H2,1-4H3. The van der Waals surface area contributed by atoms with Crippen molar-refractivity contribution >= 4 is 5.91 Å². The number of hydrogen-bond acceptors (Lipinski definition) is 3. The number of amides is 1. The summed E-state index contributed by atoms with van der Waals surface area (Å²) in [5.41, 5.74) is 2.97. The largest absolute Gasteiger partial charge is 0.336 e. The fraction of sp³-hybridized carbons (Fsp3) is 0.765. The van der Waals surface area contributed by atoms with Crippen LogP contribution in [0.25, 0.3) is 0 Å². The van der Waals surface area contributed by atoms with Crippen LogP contribution in [0.1, 0.15) is 55.4 Å². The van der Waals surface area contributed by atoms with Crippen LogP contribution in [-0.2, 0) is 19.9 Å². The van der Waals surface area contributed by atoms with Gasteiger partial charge in [-0.2, -0.15) is 5.10 Å². The Bertz CT molecular complexity index is 501. The predicted molar refractivity (Wildman–Crippen MR) is 89.2 cm³/mol. The molecule has 1 aliphatic rings. The van der Waals surface area contributed by atoms with E-state index in [9.17, 15) is 4.79 Å². The molecule has 1 aromatic heterocycles. The number of carbonyl (C=O) groups is 1. The first-order chi connectivity index (χ1) is 10.6. The van der Waals surface area contributed by atoms with E-state index in [1.54, 1.807) is 0 Å². The van der Waals surface area contributed by atoms with E-state index >= 15 is 0 Å². The van der Waals surface area contributed by atoms with E-state index in [2.05, 4.69) is 30.8 Å². The number of carbonyl (C=O) groups excluding carboxylic acids is 1. The summed E-state index contributed by atoms with van der Waals surface area (Å²) in [7, 11) is 1.97. The first-order valence-corrected chi connectivity index (χ1v) is 8.68. The molecule has 1 amide bonds. The SMILES string of the molecule is CCCc1nn(C)c(CCC)c1C(=O)N1CCN(CC)CC1. The van der Waals surface area contributed by atoms with Crippen LogP contribution in [0.2, 0.25) is 0 Å². The van der Waals surface area contributed by atoms with Crippen LogP contribution >= 0.6 is 0 Å². The van der Waals surface area contributed by atoms with Gasteiger partial charge in [0.05, 0.1) is 17.0 Å². The molecule has 0 aromatic carbocycles. The lowest BCUT2D eigenvalue weighted by Crippen LogP contribution is -2.48. The van der Waals surface area contributed by atoms with Gasteiger partial charge in [0.1, 0.15) is 0 Å². The fourth-order valence-electron chi connectivity index (χ4n) is 3.23.